The number of fused-ring (bicyclic) bond motifs is 1. The van der Waals surface area contributed by atoms with Crippen LogP contribution in [0.4, 0.5) is 0 Å². The number of rotatable bonds is 8. The lowest BCUT2D eigenvalue weighted by atomic mass is 9.85. The average Bonchev–Trinajstić information content (AvgIpc) is 3.44. The molecule has 2 aromatic rings. The van der Waals surface area contributed by atoms with Gasteiger partial charge in [-0.1, -0.05) is 80.6 Å². The van der Waals surface area contributed by atoms with Crippen LogP contribution < -0.4 is 0 Å². The van der Waals surface area contributed by atoms with Crippen LogP contribution in [0.1, 0.15) is 68.1 Å². The Morgan fingerprint density at radius 2 is 1.68 bits per heavy atom. The highest BCUT2D eigenvalue weighted by Gasteiger charge is 2.51. The fourth-order valence-corrected chi connectivity index (χ4v) is 6.59. The summed E-state index contributed by atoms with van der Waals surface area (Å²) in [4.78, 5) is 37.9. The Kier molecular flexibility index (Phi) is 8.23. The van der Waals surface area contributed by atoms with E-state index in [9.17, 15) is 14.4 Å². The standard InChI is InChI=1S/C31H33BrO5/c32-26(27(33)16-11-20-7-3-1-4-8-20)17-24-25-18-30(34)36-28(25)19-29(24)37-31(35)23-14-12-22(13-15-23)21-9-5-2-6-10-21/h2,5-6,9-10,12-15,17,20,24-25,28-29H,1,3-4,7-8,11,16,18-19H2/b26-17+/t24-,25+,28-,29+/m0/s1. The van der Waals surface area contributed by atoms with Crippen molar-refractivity contribution in [2.45, 2.75) is 70.0 Å². The van der Waals surface area contributed by atoms with Crippen LogP contribution in [0.25, 0.3) is 11.1 Å². The lowest BCUT2D eigenvalue weighted by molar-refractivity contribution is -0.141. The van der Waals surface area contributed by atoms with Gasteiger partial charge in [0.05, 0.1) is 16.5 Å². The quantitative estimate of drug-likeness (QED) is 0.254. The Balaban J connectivity index is 1.26. The summed E-state index contributed by atoms with van der Waals surface area (Å²) in [6.45, 7) is 0. The monoisotopic (exact) mass is 564 g/mol. The first kappa shape index (κ1) is 25.9. The molecule has 2 aliphatic carbocycles. The zero-order valence-electron chi connectivity index (χ0n) is 20.9. The van der Waals surface area contributed by atoms with Gasteiger partial charge in [-0.15, -0.1) is 0 Å². The average molecular weight is 566 g/mol. The Bertz CT molecular complexity index is 1150. The molecule has 4 atom stereocenters. The molecule has 6 heteroatoms. The second-order valence-electron chi connectivity index (χ2n) is 10.6. The fraction of sp³-hybridized carbons (Fsp3) is 0.452. The van der Waals surface area contributed by atoms with Gasteiger partial charge < -0.3 is 9.47 Å². The van der Waals surface area contributed by atoms with Crippen LogP contribution in [-0.2, 0) is 19.1 Å². The smallest absolute Gasteiger partial charge is 0.338 e. The number of hydrogen-bond donors (Lipinski definition) is 0. The van der Waals surface area contributed by atoms with Gasteiger partial charge in [0.25, 0.3) is 0 Å². The van der Waals surface area contributed by atoms with Crippen molar-refractivity contribution in [2.75, 3.05) is 0 Å². The second-order valence-corrected chi connectivity index (χ2v) is 11.4. The molecular weight excluding hydrogens is 532 g/mol. The molecule has 0 amide bonds. The summed E-state index contributed by atoms with van der Waals surface area (Å²) >= 11 is 3.50. The van der Waals surface area contributed by atoms with Gasteiger partial charge in [-0.25, -0.2) is 4.79 Å². The van der Waals surface area contributed by atoms with Crippen LogP contribution in [0.2, 0.25) is 0 Å². The predicted octanol–water partition coefficient (Wildman–Crippen LogP) is 7.04. The van der Waals surface area contributed by atoms with Crippen molar-refractivity contribution >= 4 is 33.7 Å². The Morgan fingerprint density at radius 3 is 2.41 bits per heavy atom. The topological polar surface area (TPSA) is 69.7 Å². The third-order valence-electron chi connectivity index (χ3n) is 8.15. The zero-order chi connectivity index (χ0) is 25.8. The summed E-state index contributed by atoms with van der Waals surface area (Å²) < 4.78 is 12.0. The normalized spacial score (nSPS) is 26.0. The van der Waals surface area contributed by atoms with E-state index in [4.69, 9.17) is 9.47 Å². The van der Waals surface area contributed by atoms with Crippen molar-refractivity contribution in [2.24, 2.45) is 17.8 Å². The number of halogens is 1. The first-order valence-corrected chi connectivity index (χ1v) is 14.2. The SMILES string of the molecule is O=C1C[C@@H]2[C@H](/C=C(/Br)C(=O)CCC3CCCCC3)[C@H](OC(=O)c3ccc(-c4ccccc4)cc3)C[C@@H]2O1. The van der Waals surface area contributed by atoms with Gasteiger partial charge in [0.2, 0.25) is 0 Å². The van der Waals surface area contributed by atoms with Crippen LogP contribution in [-0.4, -0.2) is 29.9 Å². The number of ether oxygens (including phenoxy) is 2. The van der Waals surface area contributed by atoms with E-state index in [-0.39, 0.29) is 36.1 Å². The minimum atomic E-state index is -0.455. The first-order valence-electron chi connectivity index (χ1n) is 13.4. The van der Waals surface area contributed by atoms with Crippen LogP contribution in [0.3, 0.4) is 0 Å². The van der Waals surface area contributed by atoms with Crippen LogP contribution >= 0.6 is 15.9 Å². The maximum absolute atomic E-state index is 13.0. The van der Waals surface area contributed by atoms with E-state index in [1.165, 1.54) is 32.1 Å². The van der Waals surface area contributed by atoms with E-state index in [1.807, 2.05) is 48.5 Å². The molecule has 1 saturated heterocycles. The van der Waals surface area contributed by atoms with E-state index in [0.29, 0.717) is 28.8 Å². The molecule has 2 saturated carbocycles. The molecule has 0 N–H and O–H groups in total. The molecule has 0 radical (unpaired) electrons. The van der Waals surface area contributed by atoms with Gasteiger partial charge in [0, 0.05) is 24.7 Å². The van der Waals surface area contributed by atoms with Crippen molar-refractivity contribution in [3.63, 3.8) is 0 Å². The second kappa shape index (κ2) is 11.8. The number of Topliss-reactive ketones (excluding diaryl/α,β-unsaturated/α-hetero) is 1. The van der Waals surface area contributed by atoms with Crippen molar-refractivity contribution in [3.8, 4) is 11.1 Å². The van der Waals surface area contributed by atoms with E-state index in [1.54, 1.807) is 12.1 Å². The molecule has 1 aliphatic heterocycles. The third-order valence-corrected chi connectivity index (χ3v) is 8.85. The lowest BCUT2D eigenvalue weighted by Gasteiger charge is -2.22. The first-order chi connectivity index (χ1) is 18.0. The number of hydrogen-bond acceptors (Lipinski definition) is 5. The summed E-state index contributed by atoms with van der Waals surface area (Å²) in [7, 11) is 0. The maximum atomic E-state index is 13.0. The van der Waals surface area contributed by atoms with Crippen molar-refractivity contribution in [3.05, 3.63) is 70.7 Å². The summed E-state index contributed by atoms with van der Waals surface area (Å²) in [6.07, 6.45) is 9.53. The van der Waals surface area contributed by atoms with Crippen LogP contribution in [0.15, 0.2) is 65.2 Å². The molecule has 3 fully saturated rings. The number of ketones is 1. The summed E-state index contributed by atoms with van der Waals surface area (Å²) in [6, 6.07) is 17.4. The Hall–Kier alpha value is -2.73. The number of carbonyl (C=O) groups excluding carboxylic acids is 3. The molecule has 1 heterocycles. The van der Waals surface area contributed by atoms with Gasteiger partial charge in [-0.2, -0.15) is 0 Å². The van der Waals surface area contributed by atoms with Crippen LogP contribution in [0, 0.1) is 17.8 Å². The zero-order valence-corrected chi connectivity index (χ0v) is 22.5. The summed E-state index contributed by atoms with van der Waals surface area (Å²) in [5, 5.41) is 0. The molecule has 2 aromatic carbocycles. The number of benzene rings is 2. The van der Waals surface area contributed by atoms with Gasteiger partial charge >= 0.3 is 11.9 Å². The Labute approximate surface area is 226 Å². The van der Waals surface area contributed by atoms with Gasteiger partial charge in [0.1, 0.15) is 12.2 Å². The van der Waals surface area contributed by atoms with Gasteiger partial charge in [-0.05, 0) is 51.5 Å². The van der Waals surface area contributed by atoms with Crippen molar-refractivity contribution in [1.29, 1.82) is 0 Å². The minimum absolute atomic E-state index is 0.0702. The molecule has 0 unspecified atom stereocenters. The van der Waals surface area contributed by atoms with Crippen molar-refractivity contribution < 1.29 is 23.9 Å². The van der Waals surface area contributed by atoms with E-state index >= 15 is 0 Å². The highest BCUT2D eigenvalue weighted by molar-refractivity contribution is 9.12. The molecule has 0 aromatic heterocycles. The summed E-state index contributed by atoms with van der Waals surface area (Å²) in [5.74, 6) is -0.275. The minimum Gasteiger partial charge on any atom is -0.462 e. The molecule has 194 valence electrons. The molecule has 5 nitrogen and oxygen atoms in total. The molecule has 37 heavy (non-hydrogen) atoms. The number of allylic oxidation sites excluding steroid dienone is 1. The maximum Gasteiger partial charge on any atom is 0.338 e. The molecule has 5 rings (SSSR count). The van der Waals surface area contributed by atoms with Crippen LogP contribution in [0.5, 0.6) is 0 Å². The molecular formula is C31H33BrO5. The molecule has 0 spiro atoms. The summed E-state index contributed by atoms with van der Waals surface area (Å²) in [5.41, 5.74) is 2.58. The largest absolute Gasteiger partial charge is 0.462 e. The molecule has 0 bridgehead atoms. The third kappa shape index (κ3) is 6.23. The fourth-order valence-electron chi connectivity index (χ4n) is 6.08. The van der Waals surface area contributed by atoms with Gasteiger partial charge in [-0.3, -0.25) is 9.59 Å². The highest BCUT2D eigenvalue weighted by Crippen LogP contribution is 2.44. The lowest BCUT2D eigenvalue weighted by Crippen LogP contribution is -2.25. The predicted molar refractivity (Wildman–Crippen MR) is 145 cm³/mol. The highest BCUT2D eigenvalue weighted by atomic mass is 79.9. The number of esters is 2. The number of carbonyl (C=O) groups is 3. The van der Waals surface area contributed by atoms with Crippen molar-refractivity contribution in [1.82, 2.24) is 0 Å². The van der Waals surface area contributed by atoms with E-state index in [0.717, 1.165) is 17.5 Å². The van der Waals surface area contributed by atoms with Gasteiger partial charge in [0.15, 0.2) is 5.78 Å². The van der Waals surface area contributed by atoms with E-state index < -0.39 is 12.1 Å². The van der Waals surface area contributed by atoms with E-state index in [2.05, 4.69) is 15.9 Å². The Morgan fingerprint density at radius 1 is 0.973 bits per heavy atom. The molecule has 3 aliphatic rings.